The maximum Gasteiger partial charge on any atom is 0.310 e. The van der Waals surface area contributed by atoms with E-state index >= 15 is 0 Å². The Kier molecular flexibility index (Phi) is 8.32. The van der Waals surface area contributed by atoms with Crippen LogP contribution in [0.1, 0.15) is 46.5 Å². The molecule has 3 saturated heterocycles. The van der Waals surface area contributed by atoms with Crippen molar-refractivity contribution in [2.45, 2.75) is 68.5 Å². The highest BCUT2D eigenvalue weighted by Gasteiger charge is 2.76. The first-order chi connectivity index (χ1) is 15.8. The van der Waals surface area contributed by atoms with E-state index < -0.39 is 28.7 Å². The van der Waals surface area contributed by atoms with Crippen molar-refractivity contribution < 1.29 is 24.2 Å². The van der Waals surface area contributed by atoms with E-state index in [1.165, 1.54) is 0 Å². The molecule has 3 unspecified atom stereocenters. The predicted octanol–water partition coefficient (Wildman–Crippen LogP) is 2.64. The molecule has 0 saturated carbocycles. The van der Waals surface area contributed by atoms with Crippen molar-refractivity contribution in [3.63, 3.8) is 0 Å². The number of fused-ring (bicyclic) bond motifs is 1. The number of nitrogens with zero attached hydrogens (tertiary/aromatic N) is 2. The molecular weight excluding hydrogens is 440 g/mol. The summed E-state index contributed by atoms with van der Waals surface area (Å²) in [4.78, 5) is 44.3. The fraction of sp³-hybridized carbons (Fsp3) is 0.720. The van der Waals surface area contributed by atoms with Crippen LogP contribution in [0.2, 0.25) is 0 Å². The first-order valence-corrected chi connectivity index (χ1v) is 13.0. The smallest absolute Gasteiger partial charge is 0.310 e. The van der Waals surface area contributed by atoms with E-state index in [1.807, 2.05) is 0 Å². The third-order valence-corrected chi connectivity index (χ3v) is 9.51. The second-order valence-corrected chi connectivity index (χ2v) is 11.0. The van der Waals surface area contributed by atoms with E-state index in [4.69, 9.17) is 4.74 Å². The van der Waals surface area contributed by atoms with Gasteiger partial charge in [0.2, 0.25) is 11.8 Å². The Bertz CT molecular complexity index is 789. The third-order valence-electron chi connectivity index (χ3n) is 7.44. The number of hydrogen-bond donors (Lipinski definition) is 1. The molecule has 2 amide bonds. The lowest BCUT2D eigenvalue weighted by atomic mass is 9.66. The van der Waals surface area contributed by atoms with Crippen LogP contribution in [-0.4, -0.2) is 81.1 Å². The highest BCUT2D eigenvalue weighted by atomic mass is 32.2. The number of thioether (sulfide) groups is 1. The van der Waals surface area contributed by atoms with E-state index in [9.17, 15) is 19.5 Å². The number of unbranched alkanes of at least 4 members (excludes halogenated alkanes) is 1. The summed E-state index contributed by atoms with van der Waals surface area (Å²) in [7, 11) is 0. The summed E-state index contributed by atoms with van der Waals surface area (Å²) in [6, 6.07) is -1.24. The number of aliphatic hydroxyl groups is 1. The average molecular weight is 479 g/mol. The van der Waals surface area contributed by atoms with Crippen LogP contribution in [0.3, 0.4) is 0 Å². The number of carbonyl (C=O) groups is 3. The molecule has 3 aliphatic rings. The molecule has 33 heavy (non-hydrogen) atoms. The van der Waals surface area contributed by atoms with Crippen molar-refractivity contribution >= 4 is 29.5 Å². The van der Waals surface area contributed by atoms with Crippen molar-refractivity contribution in [2.24, 2.45) is 17.8 Å². The number of esters is 1. The molecule has 0 aromatic carbocycles. The van der Waals surface area contributed by atoms with E-state index in [1.54, 1.807) is 40.6 Å². The molecule has 0 radical (unpaired) electrons. The average Bonchev–Trinajstić information content (AvgIpc) is 3.39. The Morgan fingerprint density at radius 3 is 2.73 bits per heavy atom. The summed E-state index contributed by atoms with van der Waals surface area (Å²) < 4.78 is 4.81. The molecule has 3 heterocycles. The van der Waals surface area contributed by atoms with Crippen LogP contribution in [0.25, 0.3) is 0 Å². The molecule has 3 fully saturated rings. The van der Waals surface area contributed by atoms with Gasteiger partial charge < -0.3 is 19.6 Å². The second-order valence-electron chi connectivity index (χ2n) is 9.50. The first-order valence-electron chi connectivity index (χ1n) is 12.1. The summed E-state index contributed by atoms with van der Waals surface area (Å²) in [6.07, 6.45) is 6.52. The summed E-state index contributed by atoms with van der Waals surface area (Å²) >= 11 is 1.63. The SMILES string of the molecule is C=CCCOC(=O)[C@@H]1[C@@H]2CC(C)C3(S2)C(C(=O)N(CC=C)CCCC)N([C@H](C)CO)C(=O)[C@H]13. The lowest BCUT2D eigenvalue weighted by Crippen LogP contribution is -2.59. The van der Waals surface area contributed by atoms with E-state index in [-0.39, 0.29) is 42.2 Å². The first kappa shape index (κ1) is 25.8. The van der Waals surface area contributed by atoms with Crippen molar-refractivity contribution in [1.29, 1.82) is 0 Å². The maximum atomic E-state index is 14.0. The zero-order valence-corrected chi connectivity index (χ0v) is 20.9. The standard InChI is InChI=1S/C25H38N2O5S/c1-6-9-12-26(11-8-3)23(30)21-25-16(4)14-18(33-25)19(24(31)32-13-10-7-2)20(25)22(29)27(21)17(5)15-28/h7-8,16-21,28H,2-3,6,9-15H2,1,4-5H3/t16?,17-,18+,19-,20+,21?,25?/m1/s1. The molecule has 3 aliphatic heterocycles. The minimum atomic E-state index is -0.718. The summed E-state index contributed by atoms with van der Waals surface area (Å²) in [6.45, 7) is 14.4. The van der Waals surface area contributed by atoms with Gasteiger partial charge >= 0.3 is 5.97 Å². The monoisotopic (exact) mass is 478 g/mol. The van der Waals surface area contributed by atoms with Crippen LogP contribution in [0.5, 0.6) is 0 Å². The van der Waals surface area contributed by atoms with Gasteiger partial charge in [-0.2, -0.15) is 0 Å². The van der Waals surface area contributed by atoms with Gasteiger partial charge in [-0.05, 0) is 32.1 Å². The Labute approximate surface area is 201 Å². The Morgan fingerprint density at radius 1 is 1.39 bits per heavy atom. The molecule has 7 nitrogen and oxygen atoms in total. The number of likely N-dealkylation sites (tertiary alicyclic amines) is 1. The van der Waals surface area contributed by atoms with Crippen molar-refractivity contribution in [3.05, 3.63) is 25.3 Å². The number of amides is 2. The fourth-order valence-corrected chi connectivity index (χ4v) is 8.27. The van der Waals surface area contributed by atoms with Crippen LogP contribution >= 0.6 is 11.8 Å². The molecule has 0 aromatic rings. The van der Waals surface area contributed by atoms with Crippen LogP contribution in [-0.2, 0) is 19.1 Å². The van der Waals surface area contributed by atoms with Crippen molar-refractivity contribution in [2.75, 3.05) is 26.3 Å². The molecule has 0 aromatic heterocycles. The minimum Gasteiger partial charge on any atom is -0.465 e. The summed E-state index contributed by atoms with van der Waals surface area (Å²) in [5.74, 6) is -1.79. The fourth-order valence-electron chi connectivity index (χ4n) is 5.88. The van der Waals surface area contributed by atoms with Gasteiger partial charge in [-0.25, -0.2) is 0 Å². The van der Waals surface area contributed by atoms with Gasteiger partial charge in [0.15, 0.2) is 0 Å². The van der Waals surface area contributed by atoms with Crippen molar-refractivity contribution in [1.82, 2.24) is 9.80 Å². The number of rotatable bonds is 12. The molecule has 184 valence electrons. The van der Waals surface area contributed by atoms with Crippen molar-refractivity contribution in [3.8, 4) is 0 Å². The molecule has 1 spiro atoms. The molecule has 1 N–H and O–H groups in total. The number of carbonyl (C=O) groups excluding carboxylic acids is 3. The van der Waals surface area contributed by atoms with Crippen LogP contribution in [0.4, 0.5) is 0 Å². The third kappa shape index (κ3) is 4.25. The van der Waals surface area contributed by atoms with E-state index in [2.05, 4.69) is 27.0 Å². The van der Waals surface area contributed by atoms with Gasteiger partial charge in [-0.1, -0.05) is 32.4 Å². The van der Waals surface area contributed by atoms with Gasteiger partial charge in [0.25, 0.3) is 0 Å². The zero-order chi connectivity index (χ0) is 24.3. The van der Waals surface area contributed by atoms with Crippen LogP contribution in [0.15, 0.2) is 25.3 Å². The summed E-state index contributed by atoms with van der Waals surface area (Å²) in [5.41, 5.74) is 0. The largest absolute Gasteiger partial charge is 0.465 e. The molecule has 2 bridgehead atoms. The number of ether oxygens (including phenoxy) is 1. The van der Waals surface area contributed by atoms with E-state index in [0.717, 1.165) is 19.3 Å². The lowest BCUT2D eigenvalue weighted by Gasteiger charge is -2.41. The zero-order valence-electron chi connectivity index (χ0n) is 20.1. The van der Waals surface area contributed by atoms with Gasteiger partial charge in [-0.15, -0.1) is 24.9 Å². The van der Waals surface area contributed by atoms with Gasteiger partial charge in [0.1, 0.15) is 6.04 Å². The van der Waals surface area contributed by atoms with Gasteiger partial charge in [0.05, 0.1) is 35.8 Å². The van der Waals surface area contributed by atoms with Crippen LogP contribution in [0, 0.1) is 17.8 Å². The molecule has 0 aliphatic carbocycles. The molecule has 8 heteroatoms. The molecule has 3 rings (SSSR count). The Morgan fingerprint density at radius 2 is 2.12 bits per heavy atom. The summed E-state index contributed by atoms with van der Waals surface area (Å²) in [5, 5.41) is 9.92. The highest BCUT2D eigenvalue weighted by Crippen LogP contribution is 2.69. The molecular formula is C25H38N2O5S. The molecule has 7 atom stereocenters. The normalized spacial score (nSPS) is 33.0. The number of hydrogen-bond acceptors (Lipinski definition) is 6. The lowest BCUT2D eigenvalue weighted by molar-refractivity contribution is -0.154. The van der Waals surface area contributed by atoms with E-state index in [0.29, 0.717) is 19.5 Å². The Balaban J connectivity index is 2.02. The quantitative estimate of drug-likeness (QED) is 0.264. The number of aliphatic hydroxyl groups excluding tert-OH is 1. The second kappa shape index (κ2) is 10.6. The predicted molar refractivity (Wildman–Crippen MR) is 130 cm³/mol. The highest BCUT2D eigenvalue weighted by molar-refractivity contribution is 8.02. The van der Waals surface area contributed by atoms with Crippen LogP contribution < -0.4 is 0 Å². The van der Waals surface area contributed by atoms with Gasteiger partial charge in [-0.3, -0.25) is 14.4 Å². The Hall–Kier alpha value is -1.80. The topological polar surface area (TPSA) is 87.2 Å². The minimum absolute atomic E-state index is 0.0458. The maximum absolute atomic E-state index is 14.0. The van der Waals surface area contributed by atoms with Gasteiger partial charge in [0, 0.05) is 18.3 Å².